The van der Waals surface area contributed by atoms with Gasteiger partial charge in [-0.15, -0.1) is 23.5 Å². The van der Waals surface area contributed by atoms with Crippen molar-refractivity contribution in [3.63, 3.8) is 0 Å². The molecule has 1 heterocycles. The van der Waals surface area contributed by atoms with Gasteiger partial charge in [-0.3, -0.25) is 14.5 Å². The monoisotopic (exact) mass is 585 g/mol. The minimum absolute atomic E-state index is 0.150. The van der Waals surface area contributed by atoms with Gasteiger partial charge in [0.2, 0.25) is 11.8 Å². The molecule has 0 aromatic heterocycles. The number of amides is 2. The second kappa shape index (κ2) is 10.9. The Morgan fingerprint density at radius 3 is 1.38 bits per heavy atom. The third-order valence-electron chi connectivity index (χ3n) is 7.24. The van der Waals surface area contributed by atoms with Crippen LogP contribution in [-0.4, -0.2) is 38.1 Å². The lowest BCUT2D eigenvalue weighted by Gasteiger charge is -2.28. The minimum atomic E-state index is -0.506. The van der Waals surface area contributed by atoms with Gasteiger partial charge in [-0.25, -0.2) is 0 Å². The summed E-state index contributed by atoms with van der Waals surface area (Å²) in [6, 6.07) is 7.88. The Balaban J connectivity index is 1.87. The van der Waals surface area contributed by atoms with Crippen molar-refractivity contribution < 1.29 is 19.8 Å². The summed E-state index contributed by atoms with van der Waals surface area (Å²) in [5, 5.41) is 21.6. The van der Waals surface area contributed by atoms with E-state index in [0.29, 0.717) is 11.5 Å². The van der Waals surface area contributed by atoms with Gasteiger partial charge in [0.25, 0.3) is 0 Å². The highest BCUT2D eigenvalue weighted by Crippen LogP contribution is 2.45. The van der Waals surface area contributed by atoms with Crippen LogP contribution in [0.15, 0.2) is 34.1 Å². The number of nitrogens with zero attached hydrogens (tertiary/aromatic N) is 1. The molecule has 0 spiro atoms. The standard InChI is InChI=1S/C33H47NO4S2/c1-30(2,3)21-13-19(14-22(27(21)36)31(4,5)6)39-18-34-26(35)17-25(29(34)38)40-20-15-23(32(7,8)9)28(37)24(16-20)33(10,11)12/h13-16,25,36-37H,17-18H2,1-12H3. The van der Waals surface area contributed by atoms with Gasteiger partial charge in [-0.05, 0) is 45.9 Å². The maximum absolute atomic E-state index is 13.5. The van der Waals surface area contributed by atoms with Crippen molar-refractivity contribution in [2.45, 2.75) is 126 Å². The zero-order chi connectivity index (χ0) is 30.6. The van der Waals surface area contributed by atoms with E-state index in [1.165, 1.54) is 28.4 Å². The fourth-order valence-electron chi connectivity index (χ4n) is 4.84. The van der Waals surface area contributed by atoms with Crippen LogP contribution in [0.4, 0.5) is 0 Å². The normalized spacial score (nSPS) is 17.2. The van der Waals surface area contributed by atoms with Crippen molar-refractivity contribution in [2.75, 3.05) is 5.88 Å². The van der Waals surface area contributed by atoms with Gasteiger partial charge in [0.15, 0.2) is 0 Å². The lowest BCUT2D eigenvalue weighted by molar-refractivity contribution is -0.136. The Bertz CT molecular complexity index is 1230. The average molecular weight is 586 g/mol. The maximum Gasteiger partial charge on any atom is 0.243 e. The van der Waals surface area contributed by atoms with E-state index in [4.69, 9.17) is 0 Å². The number of aromatic hydroxyl groups is 2. The van der Waals surface area contributed by atoms with Crippen LogP contribution in [0.3, 0.4) is 0 Å². The van der Waals surface area contributed by atoms with Gasteiger partial charge in [-0.1, -0.05) is 83.1 Å². The summed E-state index contributed by atoms with van der Waals surface area (Å²) in [4.78, 5) is 29.6. The average Bonchev–Trinajstić information content (AvgIpc) is 3.03. The van der Waals surface area contributed by atoms with Crippen LogP contribution in [0.25, 0.3) is 0 Å². The lowest BCUT2D eigenvalue weighted by atomic mass is 9.79. The molecule has 2 aromatic carbocycles. The Morgan fingerprint density at radius 1 is 0.675 bits per heavy atom. The van der Waals surface area contributed by atoms with Crippen LogP contribution in [0, 0.1) is 0 Å². The minimum Gasteiger partial charge on any atom is -0.507 e. The molecule has 1 fully saturated rings. The van der Waals surface area contributed by atoms with E-state index >= 15 is 0 Å². The van der Waals surface area contributed by atoms with Crippen molar-refractivity contribution >= 4 is 35.3 Å². The van der Waals surface area contributed by atoms with E-state index in [1.54, 1.807) is 0 Å². The van der Waals surface area contributed by atoms with Gasteiger partial charge >= 0.3 is 0 Å². The molecule has 1 aliphatic rings. The van der Waals surface area contributed by atoms with E-state index in [-0.39, 0.29) is 45.8 Å². The molecular formula is C33H47NO4S2. The van der Waals surface area contributed by atoms with Crippen LogP contribution >= 0.6 is 23.5 Å². The van der Waals surface area contributed by atoms with Gasteiger partial charge in [0.1, 0.15) is 11.5 Å². The molecule has 1 atom stereocenters. The third-order valence-corrected chi connectivity index (χ3v) is 9.36. The molecular weight excluding hydrogens is 539 g/mol. The molecule has 2 aromatic rings. The lowest BCUT2D eigenvalue weighted by Crippen LogP contribution is -2.31. The SMILES string of the molecule is CC(C)(C)c1cc(SCN2C(=O)CC(Sc3cc(C(C)(C)C)c(O)c(C(C)(C)C)c3)C2=O)cc(C(C)(C)C)c1O. The zero-order valence-electron chi connectivity index (χ0n) is 26.3. The van der Waals surface area contributed by atoms with Gasteiger partial charge in [0.05, 0.1) is 11.1 Å². The second-order valence-electron chi connectivity index (χ2n) is 15.0. The van der Waals surface area contributed by atoms with Crippen LogP contribution in [0.1, 0.15) is 112 Å². The van der Waals surface area contributed by atoms with Crippen molar-refractivity contribution in [1.82, 2.24) is 4.90 Å². The van der Waals surface area contributed by atoms with Crippen molar-refractivity contribution in [2.24, 2.45) is 0 Å². The first-order valence-corrected chi connectivity index (χ1v) is 15.8. The Hall–Kier alpha value is -2.12. The van der Waals surface area contributed by atoms with Crippen LogP contribution in [0.5, 0.6) is 11.5 Å². The summed E-state index contributed by atoms with van der Waals surface area (Å²) in [6.45, 7) is 24.8. The fraction of sp³-hybridized carbons (Fsp3) is 0.576. The van der Waals surface area contributed by atoms with Crippen LogP contribution in [-0.2, 0) is 31.2 Å². The first-order valence-electron chi connectivity index (χ1n) is 13.9. The molecule has 0 radical (unpaired) electrons. The zero-order valence-corrected chi connectivity index (χ0v) is 27.9. The third kappa shape index (κ3) is 7.02. The number of phenolic OH excluding ortho intramolecular Hbond substituents is 2. The van der Waals surface area contributed by atoms with Gasteiger partial charge in [-0.2, -0.15) is 0 Å². The van der Waals surface area contributed by atoms with Crippen LogP contribution in [0.2, 0.25) is 0 Å². The number of likely N-dealkylation sites (tertiary alicyclic amines) is 1. The summed E-state index contributed by atoms with van der Waals surface area (Å²) in [6.07, 6.45) is 0.150. The first kappa shape index (κ1) is 32.4. The second-order valence-corrected chi connectivity index (χ2v) is 17.3. The molecule has 220 valence electrons. The number of phenols is 2. The molecule has 0 saturated carbocycles. The van der Waals surface area contributed by atoms with Crippen molar-refractivity contribution in [1.29, 1.82) is 0 Å². The van der Waals surface area contributed by atoms with E-state index in [9.17, 15) is 19.8 Å². The Labute approximate surface area is 249 Å². The number of carbonyl (C=O) groups is 2. The molecule has 1 unspecified atom stereocenters. The van der Waals surface area contributed by atoms with E-state index in [0.717, 1.165) is 32.0 Å². The molecule has 2 amide bonds. The highest BCUT2D eigenvalue weighted by molar-refractivity contribution is 8.00. The molecule has 1 saturated heterocycles. The highest BCUT2D eigenvalue weighted by Gasteiger charge is 2.40. The van der Waals surface area contributed by atoms with Gasteiger partial charge in [0, 0.05) is 38.5 Å². The number of benzene rings is 2. The predicted octanol–water partition coefficient (Wildman–Crippen LogP) is 8.26. The molecule has 40 heavy (non-hydrogen) atoms. The summed E-state index contributed by atoms with van der Waals surface area (Å²) in [5.41, 5.74) is 2.30. The summed E-state index contributed by atoms with van der Waals surface area (Å²) in [5.74, 6) is 0.479. The quantitative estimate of drug-likeness (QED) is 0.272. The maximum atomic E-state index is 13.5. The summed E-state index contributed by atoms with van der Waals surface area (Å²) in [7, 11) is 0. The molecule has 0 bridgehead atoms. The predicted molar refractivity (Wildman–Crippen MR) is 168 cm³/mol. The fourth-order valence-corrected chi connectivity index (χ4v) is 6.94. The number of carbonyl (C=O) groups excluding carboxylic acids is 2. The largest absolute Gasteiger partial charge is 0.507 e. The molecule has 0 aliphatic carbocycles. The van der Waals surface area contributed by atoms with E-state index in [1.807, 2.05) is 24.3 Å². The molecule has 3 rings (SSSR count). The highest BCUT2D eigenvalue weighted by atomic mass is 32.2. The number of thioether (sulfide) groups is 2. The number of hydrogen-bond acceptors (Lipinski definition) is 6. The Morgan fingerprint density at radius 2 is 1.02 bits per heavy atom. The molecule has 5 nitrogen and oxygen atoms in total. The van der Waals surface area contributed by atoms with E-state index < -0.39 is 5.25 Å². The Kier molecular flexibility index (Phi) is 8.86. The van der Waals surface area contributed by atoms with Gasteiger partial charge < -0.3 is 10.2 Å². The molecule has 2 N–H and O–H groups in total. The number of imide groups is 1. The van der Waals surface area contributed by atoms with Crippen LogP contribution < -0.4 is 0 Å². The first-order chi connectivity index (χ1) is 18.0. The number of rotatable bonds is 5. The van der Waals surface area contributed by atoms with Crippen molar-refractivity contribution in [3.05, 3.63) is 46.5 Å². The topological polar surface area (TPSA) is 77.8 Å². The smallest absolute Gasteiger partial charge is 0.243 e. The summed E-state index contributed by atoms with van der Waals surface area (Å²) >= 11 is 2.85. The van der Waals surface area contributed by atoms with Crippen molar-refractivity contribution in [3.8, 4) is 11.5 Å². The molecule has 1 aliphatic heterocycles. The molecule has 7 heteroatoms. The summed E-state index contributed by atoms with van der Waals surface area (Å²) < 4.78 is 0. The van der Waals surface area contributed by atoms with E-state index in [2.05, 4.69) is 83.1 Å². The number of hydrogen-bond donors (Lipinski definition) is 2.